The minimum absolute atomic E-state index is 0.146. The van der Waals surface area contributed by atoms with E-state index in [0.717, 1.165) is 24.9 Å². The number of nitrogens with two attached hydrogens (primary N) is 1. The summed E-state index contributed by atoms with van der Waals surface area (Å²) < 4.78 is 0. The van der Waals surface area contributed by atoms with E-state index in [0.29, 0.717) is 12.1 Å². The summed E-state index contributed by atoms with van der Waals surface area (Å²) in [6, 6.07) is 6.99. The zero-order valence-electron chi connectivity index (χ0n) is 15.6. The first-order valence-corrected chi connectivity index (χ1v) is 9.30. The molecule has 0 spiro atoms. The zero-order chi connectivity index (χ0) is 20.2. The van der Waals surface area contributed by atoms with Crippen LogP contribution in [0.2, 0.25) is 0 Å². The van der Waals surface area contributed by atoms with Gasteiger partial charge < -0.3 is 16.4 Å². The van der Waals surface area contributed by atoms with Crippen molar-refractivity contribution in [2.45, 2.75) is 31.7 Å². The number of carbonyl (C=O) groups excluding carboxylic acids is 2. The van der Waals surface area contributed by atoms with Crippen molar-refractivity contribution in [2.75, 3.05) is 10.6 Å². The number of benzene rings is 1. The highest BCUT2D eigenvalue weighted by Gasteiger charge is 2.23. The molecule has 2 aromatic heterocycles. The maximum absolute atomic E-state index is 12.1. The molecule has 1 unspecified atom stereocenters. The van der Waals surface area contributed by atoms with Gasteiger partial charge >= 0.3 is 0 Å². The SMILES string of the molecule is NC(=O)c1cnc(NC2CCCCC2=O)nc1Nc1cccc(-n2nccn2)c1. The van der Waals surface area contributed by atoms with Gasteiger partial charge in [0.05, 0.1) is 24.1 Å². The summed E-state index contributed by atoms with van der Waals surface area (Å²) in [7, 11) is 0. The quantitative estimate of drug-likeness (QED) is 0.577. The third-order valence-electron chi connectivity index (χ3n) is 4.67. The monoisotopic (exact) mass is 392 g/mol. The van der Waals surface area contributed by atoms with E-state index in [2.05, 4.69) is 30.8 Å². The van der Waals surface area contributed by atoms with E-state index in [1.807, 2.05) is 24.3 Å². The van der Waals surface area contributed by atoms with E-state index in [4.69, 9.17) is 5.73 Å². The number of hydrogen-bond donors (Lipinski definition) is 3. The molecule has 1 amide bonds. The second kappa shape index (κ2) is 8.05. The van der Waals surface area contributed by atoms with E-state index in [1.54, 1.807) is 12.4 Å². The van der Waals surface area contributed by atoms with Crippen LogP contribution in [0.4, 0.5) is 17.5 Å². The number of hydrogen-bond acceptors (Lipinski definition) is 8. The van der Waals surface area contributed by atoms with Gasteiger partial charge in [0.15, 0.2) is 5.78 Å². The predicted molar refractivity (Wildman–Crippen MR) is 106 cm³/mol. The maximum atomic E-state index is 12.1. The number of carbonyl (C=O) groups is 2. The third-order valence-corrected chi connectivity index (χ3v) is 4.67. The summed E-state index contributed by atoms with van der Waals surface area (Å²) >= 11 is 0. The van der Waals surface area contributed by atoms with Crippen molar-refractivity contribution in [1.29, 1.82) is 0 Å². The number of ketones is 1. The molecule has 0 bridgehead atoms. The first-order chi connectivity index (χ1) is 14.1. The van der Waals surface area contributed by atoms with Gasteiger partial charge in [0.1, 0.15) is 11.4 Å². The lowest BCUT2D eigenvalue weighted by atomic mass is 9.94. The number of nitrogens with one attached hydrogen (secondary N) is 2. The fourth-order valence-corrected chi connectivity index (χ4v) is 3.21. The molecule has 1 aliphatic rings. The minimum Gasteiger partial charge on any atom is -0.365 e. The van der Waals surface area contributed by atoms with E-state index < -0.39 is 5.91 Å². The molecule has 1 aromatic carbocycles. The van der Waals surface area contributed by atoms with E-state index in [1.165, 1.54) is 11.0 Å². The van der Waals surface area contributed by atoms with Crippen LogP contribution >= 0.6 is 0 Å². The normalized spacial score (nSPS) is 16.4. The summed E-state index contributed by atoms with van der Waals surface area (Å²) in [4.78, 5) is 33.9. The number of primary amides is 1. The van der Waals surface area contributed by atoms with Gasteiger partial charge in [-0.05, 0) is 31.0 Å². The largest absolute Gasteiger partial charge is 0.365 e. The van der Waals surface area contributed by atoms with Crippen molar-refractivity contribution >= 4 is 29.1 Å². The number of amides is 1. The van der Waals surface area contributed by atoms with Crippen LogP contribution in [0.3, 0.4) is 0 Å². The molecule has 10 heteroatoms. The van der Waals surface area contributed by atoms with Crippen LogP contribution in [0.1, 0.15) is 36.0 Å². The Labute approximate surface area is 166 Å². The van der Waals surface area contributed by atoms with E-state index in [-0.39, 0.29) is 29.2 Å². The Hall–Kier alpha value is -3.82. The van der Waals surface area contributed by atoms with Crippen molar-refractivity contribution in [3.63, 3.8) is 0 Å². The second-order valence-corrected chi connectivity index (χ2v) is 6.72. The number of rotatable bonds is 6. The molecule has 29 heavy (non-hydrogen) atoms. The topological polar surface area (TPSA) is 141 Å². The Morgan fingerprint density at radius 3 is 2.79 bits per heavy atom. The molecule has 4 rings (SSSR count). The average Bonchev–Trinajstić information content (AvgIpc) is 3.25. The third kappa shape index (κ3) is 4.21. The van der Waals surface area contributed by atoms with Gasteiger partial charge in [0.25, 0.3) is 5.91 Å². The van der Waals surface area contributed by atoms with Gasteiger partial charge in [-0.3, -0.25) is 9.59 Å². The molecular formula is C19H20N8O2. The van der Waals surface area contributed by atoms with Crippen molar-refractivity contribution in [3.05, 3.63) is 48.4 Å². The highest BCUT2D eigenvalue weighted by Crippen LogP contribution is 2.23. The lowest BCUT2D eigenvalue weighted by molar-refractivity contribution is -0.121. The molecule has 148 valence electrons. The first kappa shape index (κ1) is 18.5. The molecule has 1 saturated carbocycles. The van der Waals surface area contributed by atoms with Crippen LogP contribution in [0, 0.1) is 0 Å². The van der Waals surface area contributed by atoms with Gasteiger partial charge in [-0.25, -0.2) is 4.98 Å². The Bertz CT molecular complexity index is 1030. The van der Waals surface area contributed by atoms with Gasteiger partial charge in [-0.1, -0.05) is 12.5 Å². The Morgan fingerprint density at radius 1 is 1.21 bits per heavy atom. The Morgan fingerprint density at radius 2 is 2.03 bits per heavy atom. The number of nitrogens with zero attached hydrogens (tertiary/aromatic N) is 5. The second-order valence-electron chi connectivity index (χ2n) is 6.72. The molecule has 2 heterocycles. The Kier molecular flexibility index (Phi) is 5.14. The summed E-state index contributed by atoms with van der Waals surface area (Å²) in [6.07, 6.45) is 7.69. The number of anilines is 3. The fourth-order valence-electron chi connectivity index (χ4n) is 3.21. The van der Waals surface area contributed by atoms with Gasteiger partial charge in [0, 0.05) is 18.3 Å². The number of aromatic nitrogens is 5. The number of Topliss-reactive ketones (excluding diaryl/α,β-unsaturated/α-hetero) is 1. The Balaban J connectivity index is 1.60. The first-order valence-electron chi connectivity index (χ1n) is 9.30. The van der Waals surface area contributed by atoms with Crippen molar-refractivity contribution < 1.29 is 9.59 Å². The highest BCUT2D eigenvalue weighted by molar-refractivity contribution is 5.98. The smallest absolute Gasteiger partial charge is 0.254 e. The lowest BCUT2D eigenvalue weighted by Crippen LogP contribution is -2.33. The molecule has 0 radical (unpaired) electrons. The summed E-state index contributed by atoms with van der Waals surface area (Å²) in [6.45, 7) is 0. The van der Waals surface area contributed by atoms with Gasteiger partial charge in [-0.2, -0.15) is 20.0 Å². The molecule has 1 atom stereocenters. The molecule has 3 aromatic rings. The van der Waals surface area contributed by atoms with Crippen LogP contribution in [0.15, 0.2) is 42.9 Å². The van der Waals surface area contributed by atoms with E-state index in [9.17, 15) is 9.59 Å². The molecule has 4 N–H and O–H groups in total. The van der Waals surface area contributed by atoms with Crippen molar-refractivity contribution in [2.24, 2.45) is 5.73 Å². The molecule has 0 aliphatic heterocycles. The fraction of sp³-hybridized carbons (Fsp3) is 0.263. The standard InChI is InChI=1S/C19H20N8O2/c20-17(29)14-11-21-19(25-15-6-1-2-7-16(15)28)26-18(14)24-12-4-3-5-13(10-12)27-22-8-9-23-27/h3-5,8-11,15H,1-2,6-7H2,(H2,20,29)(H2,21,24,25,26). The lowest BCUT2D eigenvalue weighted by Gasteiger charge is -2.22. The predicted octanol–water partition coefficient (Wildman–Crippen LogP) is 1.82. The van der Waals surface area contributed by atoms with Crippen molar-refractivity contribution in [3.8, 4) is 5.69 Å². The van der Waals surface area contributed by atoms with Gasteiger partial charge in [-0.15, -0.1) is 0 Å². The summed E-state index contributed by atoms with van der Waals surface area (Å²) in [5, 5.41) is 14.4. The molecule has 10 nitrogen and oxygen atoms in total. The van der Waals surface area contributed by atoms with Crippen LogP contribution in [-0.2, 0) is 4.79 Å². The molecule has 1 aliphatic carbocycles. The minimum atomic E-state index is -0.655. The van der Waals surface area contributed by atoms with Crippen LogP contribution in [0.5, 0.6) is 0 Å². The maximum Gasteiger partial charge on any atom is 0.254 e. The van der Waals surface area contributed by atoms with Crippen LogP contribution in [0.25, 0.3) is 5.69 Å². The highest BCUT2D eigenvalue weighted by atomic mass is 16.1. The summed E-state index contributed by atoms with van der Waals surface area (Å²) in [5.41, 5.74) is 7.02. The molecule has 1 fully saturated rings. The van der Waals surface area contributed by atoms with Crippen molar-refractivity contribution in [1.82, 2.24) is 25.0 Å². The zero-order valence-corrected chi connectivity index (χ0v) is 15.6. The van der Waals surface area contributed by atoms with Crippen LogP contribution in [-0.4, -0.2) is 42.7 Å². The average molecular weight is 392 g/mol. The molecular weight excluding hydrogens is 372 g/mol. The molecule has 0 saturated heterocycles. The van der Waals surface area contributed by atoms with Crippen LogP contribution < -0.4 is 16.4 Å². The van der Waals surface area contributed by atoms with E-state index >= 15 is 0 Å². The summed E-state index contributed by atoms with van der Waals surface area (Å²) in [5.74, 6) is 0.0110. The van der Waals surface area contributed by atoms with Gasteiger partial charge in [0.2, 0.25) is 5.95 Å².